The van der Waals surface area contributed by atoms with E-state index in [1.54, 1.807) is 6.92 Å². The molecule has 0 spiro atoms. The molecule has 1 aliphatic rings. The highest BCUT2D eigenvalue weighted by molar-refractivity contribution is 5.89. The molecule has 1 unspecified atom stereocenters. The molecule has 0 fully saturated rings. The van der Waals surface area contributed by atoms with Gasteiger partial charge in [0.25, 0.3) is 0 Å². The van der Waals surface area contributed by atoms with Gasteiger partial charge < -0.3 is 10.6 Å². The molecule has 0 saturated heterocycles. The first kappa shape index (κ1) is 12.6. The number of nitrogens with zero attached hydrogens (tertiary/aromatic N) is 3. The maximum absolute atomic E-state index is 11.9. The lowest BCUT2D eigenvalue weighted by molar-refractivity contribution is 0.249. The van der Waals surface area contributed by atoms with E-state index in [1.165, 1.54) is 17.5 Å². The minimum absolute atomic E-state index is 0.278. The number of urea groups is 1. The number of rotatable bonds is 3. The van der Waals surface area contributed by atoms with Crippen LogP contribution >= 0.6 is 0 Å². The van der Waals surface area contributed by atoms with Crippen LogP contribution in [0.3, 0.4) is 0 Å². The summed E-state index contributed by atoms with van der Waals surface area (Å²) < 4.78 is 0. The SMILES string of the molecule is CC(NC(=O)Nc1ccc2c(c1)CCC2)c1nn[nH]n1. The van der Waals surface area contributed by atoms with Gasteiger partial charge in [0.2, 0.25) is 0 Å². The number of carbonyl (C=O) groups is 1. The van der Waals surface area contributed by atoms with Crippen molar-refractivity contribution in [1.82, 2.24) is 25.9 Å². The van der Waals surface area contributed by atoms with Gasteiger partial charge in [-0.1, -0.05) is 11.3 Å². The number of aromatic amines is 1. The minimum atomic E-state index is -0.303. The Hall–Kier alpha value is -2.44. The third-order valence-electron chi connectivity index (χ3n) is 3.45. The molecular formula is C13H16N6O. The molecule has 3 N–H and O–H groups in total. The molecule has 104 valence electrons. The van der Waals surface area contributed by atoms with Crippen LogP contribution in [0.1, 0.15) is 36.3 Å². The van der Waals surface area contributed by atoms with E-state index in [2.05, 4.69) is 37.3 Å². The van der Waals surface area contributed by atoms with Gasteiger partial charge in [0.05, 0.1) is 6.04 Å². The Morgan fingerprint density at radius 3 is 3.00 bits per heavy atom. The molecule has 1 atom stereocenters. The van der Waals surface area contributed by atoms with Crippen molar-refractivity contribution in [2.24, 2.45) is 0 Å². The zero-order valence-corrected chi connectivity index (χ0v) is 11.2. The number of hydrogen-bond donors (Lipinski definition) is 3. The maximum atomic E-state index is 11.9. The first-order valence-electron chi connectivity index (χ1n) is 6.65. The number of carbonyl (C=O) groups excluding carboxylic acids is 1. The predicted molar refractivity (Wildman–Crippen MR) is 73.2 cm³/mol. The summed E-state index contributed by atoms with van der Waals surface area (Å²) in [5.41, 5.74) is 3.52. The largest absolute Gasteiger partial charge is 0.328 e. The van der Waals surface area contributed by atoms with Gasteiger partial charge in [-0.25, -0.2) is 4.79 Å². The van der Waals surface area contributed by atoms with Crippen molar-refractivity contribution in [3.8, 4) is 0 Å². The van der Waals surface area contributed by atoms with Crippen molar-refractivity contribution in [1.29, 1.82) is 0 Å². The van der Waals surface area contributed by atoms with Gasteiger partial charge in [-0.3, -0.25) is 0 Å². The minimum Gasteiger partial charge on any atom is -0.328 e. The Morgan fingerprint density at radius 2 is 2.20 bits per heavy atom. The quantitative estimate of drug-likeness (QED) is 0.790. The first-order valence-corrected chi connectivity index (χ1v) is 6.65. The van der Waals surface area contributed by atoms with Crippen LogP contribution in [0.2, 0.25) is 0 Å². The Labute approximate surface area is 116 Å². The molecule has 0 radical (unpaired) electrons. The molecule has 3 rings (SSSR count). The molecule has 0 saturated carbocycles. The molecule has 7 nitrogen and oxygen atoms in total. The lowest BCUT2D eigenvalue weighted by Crippen LogP contribution is -2.31. The average molecular weight is 272 g/mol. The predicted octanol–water partition coefficient (Wildman–Crippen LogP) is 1.57. The first-order chi connectivity index (χ1) is 9.72. The monoisotopic (exact) mass is 272 g/mol. The Bertz CT molecular complexity index is 609. The van der Waals surface area contributed by atoms with Crippen molar-refractivity contribution < 1.29 is 4.79 Å². The zero-order valence-electron chi connectivity index (χ0n) is 11.2. The second kappa shape index (κ2) is 5.28. The van der Waals surface area contributed by atoms with E-state index in [1.807, 2.05) is 12.1 Å². The Morgan fingerprint density at radius 1 is 1.35 bits per heavy atom. The van der Waals surface area contributed by atoms with E-state index in [0.717, 1.165) is 18.5 Å². The van der Waals surface area contributed by atoms with Crippen molar-refractivity contribution in [2.75, 3.05) is 5.32 Å². The van der Waals surface area contributed by atoms with E-state index >= 15 is 0 Å². The standard InChI is InChI=1S/C13H16N6O/c1-8(12-16-18-19-17-12)14-13(20)15-11-6-5-9-3-2-4-10(9)7-11/h5-8H,2-4H2,1H3,(H2,14,15,20)(H,16,17,18,19). The van der Waals surface area contributed by atoms with Crippen LogP contribution in [0.15, 0.2) is 18.2 Å². The van der Waals surface area contributed by atoms with Gasteiger partial charge in [0, 0.05) is 5.69 Å². The molecule has 1 aromatic carbocycles. The van der Waals surface area contributed by atoms with Crippen LogP contribution in [0.5, 0.6) is 0 Å². The normalized spacial score (nSPS) is 14.7. The molecule has 7 heteroatoms. The van der Waals surface area contributed by atoms with E-state index in [-0.39, 0.29) is 12.1 Å². The third-order valence-corrected chi connectivity index (χ3v) is 3.45. The van der Waals surface area contributed by atoms with E-state index in [9.17, 15) is 4.79 Å². The highest BCUT2D eigenvalue weighted by atomic mass is 16.2. The Kier molecular flexibility index (Phi) is 3.32. The van der Waals surface area contributed by atoms with Gasteiger partial charge in [-0.05, 0) is 49.4 Å². The van der Waals surface area contributed by atoms with Crippen LogP contribution in [0.4, 0.5) is 10.5 Å². The molecule has 0 bridgehead atoms. The van der Waals surface area contributed by atoms with Crippen LogP contribution in [0, 0.1) is 0 Å². The molecule has 20 heavy (non-hydrogen) atoms. The third kappa shape index (κ3) is 2.61. The summed E-state index contributed by atoms with van der Waals surface area (Å²) in [5, 5.41) is 19.1. The van der Waals surface area contributed by atoms with Gasteiger partial charge in [-0.2, -0.15) is 5.21 Å². The van der Waals surface area contributed by atoms with Gasteiger partial charge >= 0.3 is 6.03 Å². The summed E-state index contributed by atoms with van der Waals surface area (Å²) in [6.45, 7) is 1.80. The van der Waals surface area contributed by atoms with Crippen molar-refractivity contribution in [2.45, 2.75) is 32.2 Å². The molecule has 1 aliphatic carbocycles. The van der Waals surface area contributed by atoms with E-state index < -0.39 is 0 Å². The van der Waals surface area contributed by atoms with Gasteiger partial charge in [0.1, 0.15) is 0 Å². The number of H-pyrrole nitrogens is 1. The number of hydrogen-bond acceptors (Lipinski definition) is 4. The molecule has 1 aromatic heterocycles. The molecule has 2 aromatic rings. The molecule has 2 amide bonds. The van der Waals surface area contributed by atoms with E-state index in [4.69, 9.17) is 0 Å². The fraction of sp³-hybridized carbons (Fsp3) is 0.385. The zero-order chi connectivity index (χ0) is 13.9. The van der Waals surface area contributed by atoms with Crippen LogP contribution in [-0.4, -0.2) is 26.7 Å². The van der Waals surface area contributed by atoms with Gasteiger partial charge in [0.15, 0.2) is 5.82 Å². The smallest absolute Gasteiger partial charge is 0.319 e. The number of aryl methyl sites for hydroxylation is 2. The van der Waals surface area contributed by atoms with Crippen molar-refractivity contribution in [3.05, 3.63) is 35.2 Å². The average Bonchev–Trinajstić information content (AvgIpc) is 3.09. The number of anilines is 1. The summed E-state index contributed by atoms with van der Waals surface area (Å²) in [5.74, 6) is 0.453. The summed E-state index contributed by atoms with van der Waals surface area (Å²) >= 11 is 0. The molecule has 0 aliphatic heterocycles. The second-order valence-corrected chi connectivity index (χ2v) is 4.93. The Balaban J connectivity index is 1.61. The molecule has 1 heterocycles. The van der Waals surface area contributed by atoms with Crippen molar-refractivity contribution >= 4 is 11.7 Å². The number of aromatic nitrogens is 4. The lowest BCUT2D eigenvalue weighted by Gasteiger charge is -2.12. The molecular weight excluding hydrogens is 256 g/mol. The number of benzene rings is 1. The second-order valence-electron chi connectivity index (χ2n) is 4.93. The fourth-order valence-electron chi connectivity index (χ4n) is 2.43. The number of nitrogens with one attached hydrogen (secondary N) is 3. The summed E-state index contributed by atoms with van der Waals surface area (Å²) in [6.07, 6.45) is 3.42. The number of tetrazole rings is 1. The number of amides is 2. The summed E-state index contributed by atoms with van der Waals surface area (Å²) in [7, 11) is 0. The number of fused-ring (bicyclic) bond motifs is 1. The maximum Gasteiger partial charge on any atom is 0.319 e. The van der Waals surface area contributed by atoms with Crippen LogP contribution < -0.4 is 10.6 Å². The van der Waals surface area contributed by atoms with Crippen LogP contribution in [-0.2, 0) is 12.8 Å². The topological polar surface area (TPSA) is 95.6 Å². The van der Waals surface area contributed by atoms with Gasteiger partial charge in [-0.15, -0.1) is 10.2 Å². The van der Waals surface area contributed by atoms with Crippen LogP contribution in [0.25, 0.3) is 0 Å². The highest BCUT2D eigenvalue weighted by Crippen LogP contribution is 2.24. The highest BCUT2D eigenvalue weighted by Gasteiger charge is 2.15. The lowest BCUT2D eigenvalue weighted by atomic mass is 10.1. The van der Waals surface area contributed by atoms with E-state index in [0.29, 0.717) is 5.82 Å². The van der Waals surface area contributed by atoms with Crippen molar-refractivity contribution in [3.63, 3.8) is 0 Å². The summed E-state index contributed by atoms with van der Waals surface area (Å²) in [6, 6.07) is 5.48. The fourth-order valence-corrected chi connectivity index (χ4v) is 2.43. The summed E-state index contributed by atoms with van der Waals surface area (Å²) in [4.78, 5) is 11.9.